The summed E-state index contributed by atoms with van der Waals surface area (Å²) < 4.78 is 26.7. The fourth-order valence-corrected chi connectivity index (χ4v) is 3.82. The van der Waals surface area contributed by atoms with Gasteiger partial charge in [-0.3, -0.25) is 4.79 Å². The van der Waals surface area contributed by atoms with Crippen molar-refractivity contribution in [2.24, 2.45) is 0 Å². The molecule has 1 amide bonds. The molecule has 7 heteroatoms. The predicted molar refractivity (Wildman–Crippen MR) is 108 cm³/mol. The smallest absolute Gasteiger partial charge is 0.240 e. The zero-order valence-corrected chi connectivity index (χ0v) is 17.1. The average Bonchev–Trinajstić information content (AvgIpc) is 2.65. The highest BCUT2D eigenvalue weighted by Gasteiger charge is 2.13. The molecule has 0 saturated heterocycles. The summed E-state index contributed by atoms with van der Waals surface area (Å²) in [6, 6.07) is 13.9. The minimum Gasteiger partial charge on any atom is -0.350 e. The van der Waals surface area contributed by atoms with Gasteiger partial charge >= 0.3 is 0 Å². The van der Waals surface area contributed by atoms with Gasteiger partial charge in [-0.15, -0.1) is 0 Å². The van der Waals surface area contributed by atoms with E-state index in [-0.39, 0.29) is 16.8 Å². The zero-order valence-electron chi connectivity index (χ0n) is 15.5. The summed E-state index contributed by atoms with van der Waals surface area (Å²) in [6.07, 6.45) is 1.61. The molecule has 2 N–H and O–H groups in total. The molecule has 2 aromatic carbocycles. The van der Waals surface area contributed by atoms with Crippen molar-refractivity contribution in [1.82, 2.24) is 10.0 Å². The Morgan fingerprint density at radius 2 is 1.70 bits per heavy atom. The molecule has 0 heterocycles. The topological polar surface area (TPSA) is 75.3 Å². The second-order valence-electron chi connectivity index (χ2n) is 6.38. The Morgan fingerprint density at radius 3 is 2.30 bits per heavy atom. The Balaban J connectivity index is 1.87. The summed E-state index contributed by atoms with van der Waals surface area (Å²) in [5.41, 5.74) is 1.90. The van der Waals surface area contributed by atoms with E-state index >= 15 is 0 Å². The van der Waals surface area contributed by atoms with Crippen molar-refractivity contribution in [2.75, 3.05) is 6.54 Å². The van der Waals surface area contributed by atoms with Crippen LogP contribution in [0.5, 0.6) is 0 Å². The number of hydrogen-bond acceptors (Lipinski definition) is 3. The molecule has 1 atom stereocenters. The lowest BCUT2D eigenvalue weighted by atomic mass is 10.1. The molecule has 27 heavy (non-hydrogen) atoms. The molecule has 0 unspecified atom stereocenters. The molecule has 5 nitrogen and oxygen atoms in total. The van der Waals surface area contributed by atoms with E-state index in [0.717, 1.165) is 17.5 Å². The van der Waals surface area contributed by atoms with Crippen molar-refractivity contribution < 1.29 is 13.2 Å². The number of carbonyl (C=O) groups is 1. The van der Waals surface area contributed by atoms with Crippen molar-refractivity contribution in [3.8, 4) is 0 Å². The Kier molecular flexibility index (Phi) is 7.83. The van der Waals surface area contributed by atoms with Crippen LogP contribution in [0.1, 0.15) is 43.9 Å². The molecule has 0 aliphatic carbocycles. The SMILES string of the molecule is CCCNS(=O)(=O)c1ccc(CCC(=O)N[C@H](C)c2ccc(Cl)cc2)cc1. The van der Waals surface area contributed by atoms with Crippen LogP contribution in [0.15, 0.2) is 53.4 Å². The van der Waals surface area contributed by atoms with Crippen molar-refractivity contribution >= 4 is 27.5 Å². The van der Waals surface area contributed by atoms with Gasteiger partial charge < -0.3 is 5.32 Å². The number of hydrogen-bond donors (Lipinski definition) is 2. The van der Waals surface area contributed by atoms with Crippen LogP contribution in [0, 0.1) is 0 Å². The summed E-state index contributed by atoms with van der Waals surface area (Å²) >= 11 is 5.87. The van der Waals surface area contributed by atoms with Gasteiger partial charge in [0.2, 0.25) is 15.9 Å². The molecule has 0 radical (unpaired) electrons. The van der Waals surface area contributed by atoms with E-state index in [1.807, 2.05) is 26.0 Å². The molecular weight excluding hydrogens is 384 g/mol. The van der Waals surface area contributed by atoms with E-state index < -0.39 is 10.0 Å². The molecule has 0 spiro atoms. The Labute approximate surface area is 166 Å². The first-order valence-electron chi connectivity index (χ1n) is 8.95. The monoisotopic (exact) mass is 408 g/mol. The van der Waals surface area contributed by atoms with Gasteiger partial charge in [-0.05, 0) is 55.2 Å². The van der Waals surface area contributed by atoms with E-state index in [0.29, 0.717) is 24.4 Å². The van der Waals surface area contributed by atoms with E-state index in [2.05, 4.69) is 10.0 Å². The van der Waals surface area contributed by atoms with E-state index in [1.165, 1.54) is 0 Å². The minimum absolute atomic E-state index is 0.0567. The summed E-state index contributed by atoms with van der Waals surface area (Å²) in [5, 5.41) is 3.62. The van der Waals surface area contributed by atoms with Crippen molar-refractivity contribution in [3.05, 3.63) is 64.7 Å². The fourth-order valence-electron chi connectivity index (χ4n) is 2.56. The largest absolute Gasteiger partial charge is 0.350 e. The number of nitrogens with one attached hydrogen (secondary N) is 2. The standard InChI is InChI=1S/C20H25ClN2O3S/c1-3-14-22-27(25,26)19-11-4-16(5-12-19)6-13-20(24)23-15(2)17-7-9-18(21)10-8-17/h4-5,7-12,15,22H,3,6,13-14H2,1-2H3,(H,23,24)/t15-/m1/s1. The third-order valence-corrected chi connectivity index (χ3v) is 5.89. The van der Waals surface area contributed by atoms with Gasteiger partial charge in [-0.25, -0.2) is 13.1 Å². The first-order chi connectivity index (χ1) is 12.8. The van der Waals surface area contributed by atoms with Gasteiger partial charge in [0.1, 0.15) is 0 Å². The normalized spacial score (nSPS) is 12.6. The summed E-state index contributed by atoms with van der Waals surface area (Å²) in [7, 11) is -3.46. The Hall–Kier alpha value is -1.89. The molecule has 0 aromatic heterocycles. The Bertz CT molecular complexity index is 850. The highest BCUT2D eigenvalue weighted by atomic mass is 35.5. The van der Waals surface area contributed by atoms with Crippen molar-refractivity contribution in [2.45, 2.75) is 44.0 Å². The molecule has 0 aliphatic rings. The summed E-state index contributed by atoms with van der Waals surface area (Å²) in [5.74, 6) is -0.0567. The van der Waals surface area contributed by atoms with Gasteiger partial charge in [0, 0.05) is 18.0 Å². The number of halogens is 1. The highest BCUT2D eigenvalue weighted by molar-refractivity contribution is 7.89. The molecule has 146 valence electrons. The molecule has 2 aromatic rings. The van der Waals surface area contributed by atoms with Crippen LogP contribution in [0.2, 0.25) is 5.02 Å². The maximum atomic E-state index is 12.2. The average molecular weight is 409 g/mol. The molecule has 0 fully saturated rings. The van der Waals surface area contributed by atoms with E-state index in [9.17, 15) is 13.2 Å². The molecule has 0 aliphatic heterocycles. The second-order valence-corrected chi connectivity index (χ2v) is 8.59. The van der Waals surface area contributed by atoms with Crippen LogP contribution in [-0.2, 0) is 21.2 Å². The van der Waals surface area contributed by atoms with E-state index in [4.69, 9.17) is 11.6 Å². The number of amides is 1. The van der Waals surface area contributed by atoms with Crippen LogP contribution >= 0.6 is 11.6 Å². The highest BCUT2D eigenvalue weighted by Crippen LogP contribution is 2.16. The van der Waals surface area contributed by atoms with Gasteiger partial charge in [0.05, 0.1) is 10.9 Å². The Morgan fingerprint density at radius 1 is 1.07 bits per heavy atom. The maximum absolute atomic E-state index is 12.2. The van der Waals surface area contributed by atoms with Crippen LogP contribution in [-0.4, -0.2) is 20.9 Å². The van der Waals surface area contributed by atoms with Gasteiger partial charge in [0.15, 0.2) is 0 Å². The van der Waals surface area contributed by atoms with Gasteiger partial charge in [0.25, 0.3) is 0 Å². The zero-order chi connectivity index (χ0) is 19.9. The van der Waals surface area contributed by atoms with Crippen LogP contribution in [0.3, 0.4) is 0 Å². The fraction of sp³-hybridized carbons (Fsp3) is 0.350. The van der Waals surface area contributed by atoms with Crippen LogP contribution < -0.4 is 10.0 Å². The lowest BCUT2D eigenvalue weighted by molar-refractivity contribution is -0.121. The molecule has 2 rings (SSSR count). The molecule has 0 bridgehead atoms. The first-order valence-corrected chi connectivity index (χ1v) is 10.8. The van der Waals surface area contributed by atoms with Crippen LogP contribution in [0.25, 0.3) is 0 Å². The summed E-state index contributed by atoms with van der Waals surface area (Å²) in [4.78, 5) is 12.4. The number of carbonyl (C=O) groups excluding carboxylic acids is 1. The molecule has 0 saturated carbocycles. The number of benzene rings is 2. The van der Waals surface area contributed by atoms with Gasteiger partial charge in [-0.2, -0.15) is 0 Å². The number of rotatable bonds is 9. The second kappa shape index (κ2) is 9.88. The van der Waals surface area contributed by atoms with Gasteiger partial charge in [-0.1, -0.05) is 42.8 Å². The van der Waals surface area contributed by atoms with E-state index in [1.54, 1.807) is 36.4 Å². The quantitative estimate of drug-likeness (QED) is 0.661. The van der Waals surface area contributed by atoms with Crippen molar-refractivity contribution in [1.29, 1.82) is 0 Å². The third kappa shape index (κ3) is 6.65. The molecular formula is C20H25ClN2O3S. The third-order valence-electron chi connectivity index (χ3n) is 4.16. The lowest BCUT2D eigenvalue weighted by Crippen LogP contribution is -2.26. The minimum atomic E-state index is -3.46. The number of aryl methyl sites for hydroxylation is 1. The first kappa shape index (κ1) is 21.4. The summed E-state index contributed by atoms with van der Waals surface area (Å²) in [6.45, 7) is 4.24. The van der Waals surface area contributed by atoms with Crippen molar-refractivity contribution in [3.63, 3.8) is 0 Å². The lowest BCUT2D eigenvalue weighted by Gasteiger charge is -2.14. The van der Waals surface area contributed by atoms with Crippen LogP contribution in [0.4, 0.5) is 0 Å². The maximum Gasteiger partial charge on any atom is 0.240 e. The predicted octanol–water partition coefficient (Wildman–Crippen LogP) is 3.84. The number of sulfonamides is 1.